The van der Waals surface area contributed by atoms with E-state index in [0.717, 1.165) is 54.7 Å². The second kappa shape index (κ2) is 9.79. The predicted molar refractivity (Wildman–Crippen MR) is 121 cm³/mol. The van der Waals surface area contributed by atoms with E-state index < -0.39 is 0 Å². The fraction of sp³-hybridized carbons (Fsp3) is 0.240. The van der Waals surface area contributed by atoms with Crippen LogP contribution in [0.3, 0.4) is 0 Å². The van der Waals surface area contributed by atoms with Gasteiger partial charge in [0, 0.05) is 23.8 Å². The van der Waals surface area contributed by atoms with Gasteiger partial charge in [0.15, 0.2) is 0 Å². The van der Waals surface area contributed by atoms with Crippen LogP contribution in [0.5, 0.6) is 11.5 Å². The van der Waals surface area contributed by atoms with Gasteiger partial charge in [-0.1, -0.05) is 41.9 Å². The SMILES string of the molecule is O=C(Nc1ccc(Oc2ccccc2)cc1)[C@H]1CCCN(Cc2ccc(Cl)cc2)C1. The Kier molecular flexibility index (Phi) is 6.67. The van der Waals surface area contributed by atoms with Gasteiger partial charge in [-0.05, 0) is 73.5 Å². The molecule has 30 heavy (non-hydrogen) atoms. The minimum absolute atomic E-state index is 0.00806. The number of anilines is 1. The first-order valence-electron chi connectivity index (χ1n) is 10.3. The lowest BCUT2D eigenvalue weighted by Gasteiger charge is -2.32. The van der Waals surface area contributed by atoms with Gasteiger partial charge in [0.25, 0.3) is 0 Å². The Morgan fingerprint density at radius 1 is 0.967 bits per heavy atom. The first-order chi connectivity index (χ1) is 14.7. The van der Waals surface area contributed by atoms with Crippen LogP contribution in [0.4, 0.5) is 5.69 Å². The molecule has 0 aliphatic carbocycles. The molecular weight excluding hydrogens is 396 g/mol. The van der Waals surface area contributed by atoms with E-state index in [4.69, 9.17) is 16.3 Å². The normalized spacial score (nSPS) is 16.8. The zero-order valence-corrected chi connectivity index (χ0v) is 17.5. The predicted octanol–water partition coefficient (Wildman–Crippen LogP) is 5.98. The molecule has 1 aliphatic heterocycles. The average Bonchev–Trinajstić information content (AvgIpc) is 2.78. The van der Waals surface area contributed by atoms with Crippen LogP contribution in [0, 0.1) is 5.92 Å². The summed E-state index contributed by atoms with van der Waals surface area (Å²) in [4.78, 5) is 15.1. The monoisotopic (exact) mass is 420 g/mol. The molecule has 0 radical (unpaired) electrons. The number of amides is 1. The molecule has 0 spiro atoms. The van der Waals surface area contributed by atoms with Crippen molar-refractivity contribution >= 4 is 23.2 Å². The van der Waals surface area contributed by atoms with Gasteiger partial charge in [-0.15, -0.1) is 0 Å². The van der Waals surface area contributed by atoms with Crippen molar-refractivity contribution in [2.75, 3.05) is 18.4 Å². The van der Waals surface area contributed by atoms with E-state index in [2.05, 4.69) is 10.2 Å². The number of hydrogen-bond donors (Lipinski definition) is 1. The van der Waals surface area contributed by atoms with E-state index in [1.165, 1.54) is 5.56 Å². The highest BCUT2D eigenvalue weighted by molar-refractivity contribution is 6.30. The number of hydrogen-bond acceptors (Lipinski definition) is 3. The maximum atomic E-state index is 12.8. The van der Waals surface area contributed by atoms with Gasteiger partial charge in [-0.2, -0.15) is 0 Å². The van der Waals surface area contributed by atoms with Crippen LogP contribution in [-0.4, -0.2) is 23.9 Å². The molecule has 1 fully saturated rings. The Morgan fingerprint density at radius 3 is 2.40 bits per heavy atom. The number of para-hydroxylation sites is 1. The zero-order valence-electron chi connectivity index (χ0n) is 16.8. The third-order valence-electron chi connectivity index (χ3n) is 5.30. The highest BCUT2D eigenvalue weighted by Crippen LogP contribution is 2.24. The van der Waals surface area contributed by atoms with Gasteiger partial charge in [0.1, 0.15) is 11.5 Å². The summed E-state index contributed by atoms with van der Waals surface area (Å²) in [6.07, 6.45) is 1.94. The Bertz CT molecular complexity index is 959. The number of nitrogens with zero attached hydrogens (tertiary/aromatic N) is 1. The quantitative estimate of drug-likeness (QED) is 0.533. The lowest BCUT2D eigenvalue weighted by molar-refractivity contribution is -0.121. The number of piperidine rings is 1. The van der Waals surface area contributed by atoms with Crippen LogP contribution < -0.4 is 10.1 Å². The van der Waals surface area contributed by atoms with Crippen LogP contribution >= 0.6 is 11.6 Å². The van der Waals surface area contributed by atoms with Crippen LogP contribution in [0.2, 0.25) is 5.02 Å². The molecule has 3 aromatic carbocycles. The molecule has 1 N–H and O–H groups in total. The van der Waals surface area contributed by atoms with Gasteiger partial charge in [0.05, 0.1) is 5.92 Å². The second-order valence-corrected chi connectivity index (χ2v) is 8.07. The van der Waals surface area contributed by atoms with Gasteiger partial charge >= 0.3 is 0 Å². The molecule has 1 amide bonds. The number of rotatable bonds is 6. The van der Waals surface area contributed by atoms with E-state index in [-0.39, 0.29) is 11.8 Å². The van der Waals surface area contributed by atoms with E-state index in [0.29, 0.717) is 0 Å². The van der Waals surface area contributed by atoms with E-state index in [1.54, 1.807) is 0 Å². The molecule has 1 aliphatic rings. The highest BCUT2D eigenvalue weighted by Gasteiger charge is 2.25. The first kappa shape index (κ1) is 20.5. The minimum Gasteiger partial charge on any atom is -0.457 e. The molecule has 0 unspecified atom stereocenters. The Morgan fingerprint density at radius 2 is 1.67 bits per heavy atom. The number of nitrogens with one attached hydrogen (secondary N) is 1. The Labute approximate surface area is 182 Å². The Hall–Kier alpha value is -2.82. The van der Waals surface area contributed by atoms with E-state index in [9.17, 15) is 4.79 Å². The molecule has 0 bridgehead atoms. The molecule has 1 heterocycles. The summed E-state index contributed by atoms with van der Waals surface area (Å²) in [6, 6.07) is 25.1. The molecule has 0 saturated carbocycles. The van der Waals surface area contributed by atoms with Crippen molar-refractivity contribution < 1.29 is 9.53 Å². The number of halogens is 1. The summed E-state index contributed by atoms with van der Waals surface area (Å²) < 4.78 is 5.81. The van der Waals surface area contributed by atoms with Gasteiger partial charge in [-0.25, -0.2) is 0 Å². The molecule has 5 heteroatoms. The van der Waals surface area contributed by atoms with Crippen molar-refractivity contribution in [1.82, 2.24) is 4.90 Å². The first-order valence-corrected chi connectivity index (χ1v) is 10.6. The maximum absolute atomic E-state index is 12.8. The lowest BCUT2D eigenvalue weighted by Crippen LogP contribution is -2.40. The molecule has 154 valence electrons. The van der Waals surface area contributed by atoms with Crippen molar-refractivity contribution in [3.63, 3.8) is 0 Å². The number of likely N-dealkylation sites (tertiary alicyclic amines) is 1. The average molecular weight is 421 g/mol. The largest absolute Gasteiger partial charge is 0.457 e. The van der Waals surface area contributed by atoms with Gasteiger partial charge in [0.2, 0.25) is 5.91 Å². The third-order valence-corrected chi connectivity index (χ3v) is 5.55. The van der Waals surface area contributed by atoms with Crippen molar-refractivity contribution in [2.45, 2.75) is 19.4 Å². The molecule has 0 aromatic heterocycles. The Balaban J connectivity index is 1.31. The second-order valence-electron chi connectivity index (χ2n) is 7.63. The summed E-state index contributed by atoms with van der Waals surface area (Å²) in [6.45, 7) is 2.62. The zero-order chi connectivity index (χ0) is 20.8. The molecule has 4 rings (SSSR count). The van der Waals surface area contributed by atoms with Crippen molar-refractivity contribution in [3.05, 3.63) is 89.4 Å². The number of carbonyl (C=O) groups is 1. The smallest absolute Gasteiger partial charge is 0.228 e. The van der Waals surface area contributed by atoms with E-state index in [1.807, 2.05) is 78.9 Å². The molecule has 4 nitrogen and oxygen atoms in total. The van der Waals surface area contributed by atoms with E-state index >= 15 is 0 Å². The highest BCUT2D eigenvalue weighted by atomic mass is 35.5. The van der Waals surface area contributed by atoms with Crippen molar-refractivity contribution in [3.8, 4) is 11.5 Å². The van der Waals surface area contributed by atoms with Crippen molar-refractivity contribution in [2.24, 2.45) is 5.92 Å². The van der Waals surface area contributed by atoms with Crippen LogP contribution in [0.1, 0.15) is 18.4 Å². The molecular formula is C25H25ClN2O2. The van der Waals surface area contributed by atoms with Crippen LogP contribution in [0.25, 0.3) is 0 Å². The van der Waals surface area contributed by atoms with Crippen LogP contribution in [-0.2, 0) is 11.3 Å². The minimum atomic E-state index is -0.00806. The molecule has 1 saturated heterocycles. The fourth-order valence-electron chi connectivity index (χ4n) is 3.74. The number of carbonyl (C=O) groups excluding carboxylic acids is 1. The number of ether oxygens (including phenoxy) is 1. The maximum Gasteiger partial charge on any atom is 0.228 e. The summed E-state index contributed by atoms with van der Waals surface area (Å²) in [7, 11) is 0. The summed E-state index contributed by atoms with van der Waals surface area (Å²) in [5, 5.41) is 3.80. The topological polar surface area (TPSA) is 41.6 Å². The summed E-state index contributed by atoms with van der Waals surface area (Å²) in [5.74, 6) is 1.60. The standard InChI is InChI=1S/C25H25ClN2O2/c26-21-10-8-19(9-11-21)17-28-16-4-5-20(18-28)25(29)27-22-12-14-24(15-13-22)30-23-6-2-1-3-7-23/h1-3,6-15,20H,4-5,16-18H2,(H,27,29)/t20-/m0/s1. The van der Waals surface area contributed by atoms with Gasteiger partial charge < -0.3 is 10.1 Å². The third kappa shape index (κ3) is 5.62. The lowest BCUT2D eigenvalue weighted by atomic mass is 9.96. The van der Waals surface area contributed by atoms with Crippen LogP contribution in [0.15, 0.2) is 78.9 Å². The fourth-order valence-corrected chi connectivity index (χ4v) is 3.86. The number of benzene rings is 3. The van der Waals surface area contributed by atoms with Gasteiger partial charge in [-0.3, -0.25) is 9.69 Å². The summed E-state index contributed by atoms with van der Waals surface area (Å²) in [5.41, 5.74) is 2.00. The molecule has 1 atom stereocenters. The van der Waals surface area contributed by atoms with Crippen molar-refractivity contribution in [1.29, 1.82) is 0 Å². The summed E-state index contributed by atoms with van der Waals surface area (Å²) >= 11 is 5.97. The molecule has 3 aromatic rings.